The second kappa shape index (κ2) is 4.96. The number of carboxylic acid groups (broad SMARTS) is 1. The Morgan fingerprint density at radius 3 is 2.94 bits per heavy atom. The molecule has 0 atom stereocenters. The van der Waals surface area contributed by atoms with Gasteiger partial charge in [-0.3, -0.25) is 0 Å². The minimum absolute atomic E-state index is 0.273. The van der Waals surface area contributed by atoms with Gasteiger partial charge in [0.05, 0.1) is 5.56 Å². The normalized spacial score (nSPS) is 17.2. The number of aromatic nitrogens is 1. The smallest absolute Gasteiger partial charge is 0.335 e. The predicted octanol–water partition coefficient (Wildman–Crippen LogP) is 2.48. The number of nitrogens with one attached hydrogen (secondary N) is 1. The highest BCUT2D eigenvalue weighted by Gasteiger charge is 2.35. The summed E-state index contributed by atoms with van der Waals surface area (Å²) >= 11 is 1.88. The Morgan fingerprint density at radius 1 is 1.65 bits per heavy atom. The third-order valence-corrected chi connectivity index (χ3v) is 4.71. The van der Waals surface area contributed by atoms with E-state index in [0.29, 0.717) is 10.6 Å². The van der Waals surface area contributed by atoms with E-state index in [1.807, 2.05) is 11.8 Å². The highest BCUT2D eigenvalue weighted by molar-refractivity contribution is 8.00. The van der Waals surface area contributed by atoms with Crippen LogP contribution in [-0.4, -0.2) is 33.6 Å². The number of anilines is 1. The summed E-state index contributed by atoms with van der Waals surface area (Å²) in [7, 11) is 0. The molecule has 1 heterocycles. The predicted molar refractivity (Wildman–Crippen MR) is 69.8 cm³/mol. The molecule has 0 amide bonds. The number of rotatable bonds is 5. The topological polar surface area (TPSA) is 62.2 Å². The van der Waals surface area contributed by atoms with Gasteiger partial charge in [-0.25, -0.2) is 9.78 Å². The molecular weight excluding hydrogens is 236 g/mol. The SMILES string of the molecule is CSC1(CNc2cc(C(=O)O)ccn2)CCC1. The van der Waals surface area contributed by atoms with Crippen LogP contribution >= 0.6 is 11.8 Å². The zero-order chi connectivity index (χ0) is 12.3. The average Bonchev–Trinajstić information content (AvgIpc) is 2.28. The van der Waals surface area contributed by atoms with Crippen LogP contribution in [-0.2, 0) is 0 Å². The molecule has 17 heavy (non-hydrogen) atoms. The molecular formula is C12H16N2O2S. The molecule has 2 rings (SSSR count). The molecule has 1 aromatic heterocycles. The van der Waals surface area contributed by atoms with Crippen molar-refractivity contribution in [2.45, 2.75) is 24.0 Å². The first kappa shape index (κ1) is 12.2. The molecule has 5 heteroatoms. The van der Waals surface area contributed by atoms with Crippen LogP contribution in [0.5, 0.6) is 0 Å². The van der Waals surface area contributed by atoms with Gasteiger partial charge in [0, 0.05) is 17.5 Å². The van der Waals surface area contributed by atoms with Crippen molar-refractivity contribution in [3.05, 3.63) is 23.9 Å². The first-order valence-electron chi connectivity index (χ1n) is 5.64. The summed E-state index contributed by atoms with van der Waals surface area (Å²) in [6.07, 6.45) is 7.38. The monoisotopic (exact) mass is 252 g/mol. The summed E-state index contributed by atoms with van der Waals surface area (Å²) in [6, 6.07) is 3.08. The lowest BCUT2D eigenvalue weighted by atomic mass is 9.84. The molecule has 0 unspecified atom stereocenters. The lowest BCUT2D eigenvalue weighted by molar-refractivity contribution is 0.0697. The van der Waals surface area contributed by atoms with E-state index >= 15 is 0 Å². The molecule has 0 aliphatic heterocycles. The van der Waals surface area contributed by atoms with Gasteiger partial charge in [0.1, 0.15) is 5.82 Å². The highest BCUT2D eigenvalue weighted by atomic mass is 32.2. The van der Waals surface area contributed by atoms with E-state index in [4.69, 9.17) is 5.11 Å². The fourth-order valence-corrected chi connectivity index (χ4v) is 2.85. The first-order chi connectivity index (χ1) is 8.15. The summed E-state index contributed by atoms with van der Waals surface area (Å²) in [5.41, 5.74) is 0.273. The van der Waals surface area contributed by atoms with E-state index in [0.717, 1.165) is 6.54 Å². The van der Waals surface area contributed by atoms with Crippen molar-refractivity contribution in [2.24, 2.45) is 0 Å². The van der Waals surface area contributed by atoms with Crippen LogP contribution in [0.1, 0.15) is 29.6 Å². The number of hydrogen-bond donors (Lipinski definition) is 2. The van der Waals surface area contributed by atoms with Crippen LogP contribution in [0.4, 0.5) is 5.82 Å². The van der Waals surface area contributed by atoms with Gasteiger partial charge in [0.2, 0.25) is 0 Å². The van der Waals surface area contributed by atoms with Crippen LogP contribution in [0.2, 0.25) is 0 Å². The van der Waals surface area contributed by atoms with E-state index in [1.165, 1.54) is 31.5 Å². The highest BCUT2D eigenvalue weighted by Crippen LogP contribution is 2.42. The van der Waals surface area contributed by atoms with Crippen molar-refractivity contribution in [3.63, 3.8) is 0 Å². The first-order valence-corrected chi connectivity index (χ1v) is 6.86. The summed E-state index contributed by atoms with van der Waals surface area (Å²) in [6.45, 7) is 0.851. The molecule has 0 bridgehead atoms. The number of aromatic carboxylic acids is 1. The Bertz CT molecular complexity index is 413. The molecule has 1 aliphatic rings. The third kappa shape index (κ3) is 2.72. The Kier molecular flexibility index (Phi) is 3.57. The second-order valence-electron chi connectivity index (χ2n) is 4.33. The Morgan fingerprint density at radius 2 is 2.41 bits per heavy atom. The molecule has 1 saturated carbocycles. The summed E-state index contributed by atoms with van der Waals surface area (Å²) < 4.78 is 0.320. The van der Waals surface area contributed by atoms with Crippen LogP contribution in [0, 0.1) is 0 Å². The van der Waals surface area contributed by atoms with Crippen LogP contribution in [0.15, 0.2) is 18.3 Å². The van der Waals surface area contributed by atoms with E-state index in [9.17, 15) is 4.79 Å². The molecule has 4 nitrogen and oxygen atoms in total. The maximum atomic E-state index is 10.8. The maximum absolute atomic E-state index is 10.8. The van der Waals surface area contributed by atoms with Gasteiger partial charge >= 0.3 is 5.97 Å². The number of carboxylic acids is 1. The molecule has 0 saturated heterocycles. The lowest BCUT2D eigenvalue weighted by Crippen LogP contribution is -2.40. The number of nitrogens with zero attached hydrogens (tertiary/aromatic N) is 1. The quantitative estimate of drug-likeness (QED) is 0.843. The van der Waals surface area contributed by atoms with E-state index < -0.39 is 5.97 Å². The lowest BCUT2D eigenvalue weighted by Gasteiger charge is -2.40. The Labute approximate surface area is 105 Å². The van der Waals surface area contributed by atoms with Gasteiger partial charge in [0.25, 0.3) is 0 Å². The van der Waals surface area contributed by atoms with E-state index in [-0.39, 0.29) is 5.56 Å². The van der Waals surface area contributed by atoms with Gasteiger partial charge in [0.15, 0.2) is 0 Å². The third-order valence-electron chi connectivity index (χ3n) is 3.30. The molecule has 1 aromatic rings. The van der Waals surface area contributed by atoms with Gasteiger partial charge in [-0.05, 0) is 31.2 Å². The van der Waals surface area contributed by atoms with Gasteiger partial charge in [-0.15, -0.1) is 0 Å². The molecule has 0 spiro atoms. The largest absolute Gasteiger partial charge is 0.478 e. The maximum Gasteiger partial charge on any atom is 0.335 e. The van der Waals surface area contributed by atoms with Crippen LogP contribution in [0.3, 0.4) is 0 Å². The van der Waals surface area contributed by atoms with E-state index in [1.54, 1.807) is 6.07 Å². The second-order valence-corrected chi connectivity index (χ2v) is 5.60. The number of hydrogen-bond acceptors (Lipinski definition) is 4. The number of pyridine rings is 1. The van der Waals surface area contributed by atoms with Crippen molar-refractivity contribution in [1.82, 2.24) is 4.98 Å². The van der Waals surface area contributed by atoms with Crippen molar-refractivity contribution in [2.75, 3.05) is 18.1 Å². The van der Waals surface area contributed by atoms with Crippen LogP contribution < -0.4 is 5.32 Å². The minimum atomic E-state index is -0.918. The molecule has 0 aromatic carbocycles. The van der Waals surface area contributed by atoms with Crippen molar-refractivity contribution >= 4 is 23.5 Å². The van der Waals surface area contributed by atoms with Crippen molar-refractivity contribution in [1.29, 1.82) is 0 Å². The van der Waals surface area contributed by atoms with Crippen molar-refractivity contribution < 1.29 is 9.90 Å². The van der Waals surface area contributed by atoms with Gasteiger partial charge in [-0.1, -0.05) is 6.42 Å². The van der Waals surface area contributed by atoms with Crippen LogP contribution in [0.25, 0.3) is 0 Å². The zero-order valence-corrected chi connectivity index (χ0v) is 10.6. The fraction of sp³-hybridized carbons (Fsp3) is 0.500. The average molecular weight is 252 g/mol. The molecule has 92 valence electrons. The van der Waals surface area contributed by atoms with Gasteiger partial charge in [-0.2, -0.15) is 11.8 Å². The molecule has 0 radical (unpaired) electrons. The summed E-state index contributed by atoms with van der Waals surface area (Å²) in [4.78, 5) is 15.0. The number of carbonyl (C=O) groups is 1. The fourth-order valence-electron chi connectivity index (χ4n) is 1.94. The Hall–Kier alpha value is -1.23. The molecule has 2 N–H and O–H groups in total. The zero-order valence-electron chi connectivity index (χ0n) is 9.77. The van der Waals surface area contributed by atoms with Gasteiger partial charge < -0.3 is 10.4 Å². The molecule has 1 fully saturated rings. The van der Waals surface area contributed by atoms with E-state index in [2.05, 4.69) is 16.6 Å². The standard InChI is InChI=1S/C12H16N2O2S/c1-17-12(4-2-5-12)8-14-10-7-9(11(15)16)3-6-13-10/h3,6-7H,2,4-5,8H2,1H3,(H,13,14)(H,15,16). The summed E-state index contributed by atoms with van der Waals surface area (Å²) in [5, 5.41) is 12.1. The number of thioether (sulfide) groups is 1. The molecule has 1 aliphatic carbocycles. The Balaban J connectivity index is 1.99. The summed E-state index contributed by atoms with van der Waals surface area (Å²) in [5.74, 6) is -0.274. The van der Waals surface area contributed by atoms with Crippen molar-refractivity contribution in [3.8, 4) is 0 Å². The minimum Gasteiger partial charge on any atom is -0.478 e.